The van der Waals surface area contributed by atoms with E-state index >= 15 is 0 Å². The number of unbranched alkanes of at least 4 members (excludes halogenated alkanes) is 2. The van der Waals surface area contributed by atoms with E-state index in [1.54, 1.807) is 6.07 Å². The zero-order chi connectivity index (χ0) is 19.9. The summed E-state index contributed by atoms with van der Waals surface area (Å²) >= 11 is 0. The van der Waals surface area contributed by atoms with Crippen LogP contribution in [0.1, 0.15) is 26.2 Å². The minimum Gasteiger partial charge on any atom is -0.462 e. The molecule has 27 heavy (non-hydrogen) atoms. The number of halogens is 1. The first-order chi connectivity index (χ1) is 12.9. The number of rotatable bonds is 8. The first kappa shape index (κ1) is 20.5. The number of aromatic nitrogens is 1. The number of hydrogen-bond acceptors (Lipinski definition) is 7. The summed E-state index contributed by atoms with van der Waals surface area (Å²) in [4.78, 5) is 28.0. The molecule has 0 spiro atoms. The highest BCUT2D eigenvalue weighted by atomic mass is 19.1. The molecular formula is C18H22FN3O5. The van der Waals surface area contributed by atoms with Crippen LogP contribution in [0.2, 0.25) is 0 Å². The largest absolute Gasteiger partial charge is 0.462 e. The van der Waals surface area contributed by atoms with Gasteiger partial charge >= 0.3 is 12.1 Å². The van der Waals surface area contributed by atoms with E-state index in [0.29, 0.717) is 17.2 Å². The zero-order valence-corrected chi connectivity index (χ0v) is 14.9. The van der Waals surface area contributed by atoms with E-state index in [1.807, 2.05) is 6.92 Å². The van der Waals surface area contributed by atoms with Crippen molar-refractivity contribution in [2.75, 3.05) is 18.5 Å². The van der Waals surface area contributed by atoms with Crippen LogP contribution in [-0.2, 0) is 14.3 Å². The quantitative estimate of drug-likeness (QED) is 0.365. The van der Waals surface area contributed by atoms with E-state index in [0.717, 1.165) is 12.8 Å². The van der Waals surface area contributed by atoms with Crippen molar-refractivity contribution in [2.24, 2.45) is 5.73 Å². The number of nitrogens with two attached hydrogens (primary N) is 1. The van der Waals surface area contributed by atoms with Crippen LogP contribution in [0.3, 0.4) is 0 Å². The monoisotopic (exact) mass is 379 g/mol. The van der Waals surface area contributed by atoms with E-state index in [2.05, 4.69) is 10.3 Å². The van der Waals surface area contributed by atoms with Gasteiger partial charge in [-0.25, -0.2) is 19.0 Å². The SMILES string of the molecule is CCCCCOC(=O)[C@@](N)(CO)OC(=O)Nc1cc2cc(F)ccc2cn1. The minimum absolute atomic E-state index is 0.0645. The number of ether oxygens (including phenoxy) is 2. The molecule has 1 amide bonds. The molecule has 8 nitrogen and oxygen atoms in total. The lowest BCUT2D eigenvalue weighted by Crippen LogP contribution is -2.56. The van der Waals surface area contributed by atoms with Gasteiger partial charge in [-0.1, -0.05) is 19.8 Å². The molecule has 0 unspecified atom stereocenters. The lowest BCUT2D eigenvalue weighted by molar-refractivity contribution is -0.168. The van der Waals surface area contributed by atoms with Crippen LogP contribution in [0.4, 0.5) is 15.0 Å². The van der Waals surface area contributed by atoms with Crippen molar-refractivity contribution >= 4 is 28.7 Å². The number of aliphatic hydroxyl groups is 1. The third-order valence-electron chi connectivity index (χ3n) is 3.75. The van der Waals surface area contributed by atoms with Gasteiger partial charge < -0.3 is 14.6 Å². The number of anilines is 1. The highest BCUT2D eigenvalue weighted by Crippen LogP contribution is 2.18. The maximum absolute atomic E-state index is 13.3. The fourth-order valence-corrected chi connectivity index (χ4v) is 2.25. The summed E-state index contributed by atoms with van der Waals surface area (Å²) in [7, 11) is 0. The first-order valence-electron chi connectivity index (χ1n) is 8.50. The molecule has 0 saturated heterocycles. The van der Waals surface area contributed by atoms with Crippen molar-refractivity contribution in [3.63, 3.8) is 0 Å². The molecular weight excluding hydrogens is 357 g/mol. The van der Waals surface area contributed by atoms with Gasteiger partial charge in [0.1, 0.15) is 18.2 Å². The van der Waals surface area contributed by atoms with Crippen molar-refractivity contribution in [1.29, 1.82) is 0 Å². The summed E-state index contributed by atoms with van der Waals surface area (Å²) in [6, 6.07) is 5.55. The van der Waals surface area contributed by atoms with Crippen molar-refractivity contribution in [2.45, 2.75) is 31.9 Å². The summed E-state index contributed by atoms with van der Waals surface area (Å²) in [5.74, 6) is -1.42. The number of fused-ring (bicyclic) bond motifs is 1. The molecule has 0 aliphatic heterocycles. The number of benzene rings is 1. The molecule has 1 aromatic carbocycles. The van der Waals surface area contributed by atoms with E-state index < -0.39 is 30.2 Å². The zero-order valence-electron chi connectivity index (χ0n) is 14.9. The minimum atomic E-state index is -2.33. The Labute approximate surface area is 155 Å². The number of hydrogen-bond donors (Lipinski definition) is 3. The van der Waals surface area contributed by atoms with Gasteiger partial charge in [-0.3, -0.25) is 11.1 Å². The molecule has 0 radical (unpaired) electrons. The number of esters is 1. The molecule has 0 aliphatic carbocycles. The average Bonchev–Trinajstić information content (AvgIpc) is 2.64. The normalized spacial score (nSPS) is 13.0. The topological polar surface area (TPSA) is 124 Å². The number of pyridine rings is 1. The highest BCUT2D eigenvalue weighted by Gasteiger charge is 2.40. The Hall–Kier alpha value is -2.78. The van der Waals surface area contributed by atoms with Gasteiger partial charge in [0.2, 0.25) is 0 Å². The molecule has 9 heteroatoms. The van der Waals surface area contributed by atoms with Gasteiger partial charge in [0.05, 0.1) is 6.61 Å². The van der Waals surface area contributed by atoms with Crippen LogP contribution in [0.5, 0.6) is 0 Å². The Morgan fingerprint density at radius 2 is 2.07 bits per heavy atom. The smallest absolute Gasteiger partial charge is 0.415 e. The summed E-state index contributed by atoms with van der Waals surface area (Å²) in [6.45, 7) is 1.14. The third kappa shape index (κ3) is 5.60. The highest BCUT2D eigenvalue weighted by molar-refractivity contribution is 5.91. The molecule has 4 N–H and O–H groups in total. The predicted octanol–water partition coefficient (Wildman–Crippen LogP) is 2.30. The van der Waals surface area contributed by atoms with Crippen molar-refractivity contribution < 1.29 is 28.6 Å². The molecule has 1 heterocycles. The molecule has 1 aromatic heterocycles. The summed E-state index contributed by atoms with van der Waals surface area (Å²) in [5.41, 5.74) is 3.31. The maximum Gasteiger partial charge on any atom is 0.415 e. The van der Waals surface area contributed by atoms with Gasteiger partial charge in [0, 0.05) is 11.6 Å². The number of amides is 1. The molecule has 0 fully saturated rings. The second-order valence-electron chi connectivity index (χ2n) is 5.97. The fourth-order valence-electron chi connectivity index (χ4n) is 2.25. The van der Waals surface area contributed by atoms with Crippen LogP contribution >= 0.6 is 0 Å². The summed E-state index contributed by atoms with van der Waals surface area (Å²) < 4.78 is 23.1. The molecule has 2 aromatic rings. The van der Waals surface area contributed by atoms with Crippen LogP contribution in [0.25, 0.3) is 10.8 Å². The summed E-state index contributed by atoms with van der Waals surface area (Å²) in [6.07, 6.45) is 2.76. The first-order valence-corrected chi connectivity index (χ1v) is 8.50. The van der Waals surface area contributed by atoms with Crippen molar-refractivity contribution in [1.82, 2.24) is 4.98 Å². The summed E-state index contributed by atoms with van der Waals surface area (Å²) in [5, 5.41) is 12.8. The van der Waals surface area contributed by atoms with Gasteiger partial charge in [-0.2, -0.15) is 0 Å². The number of aliphatic hydroxyl groups excluding tert-OH is 1. The number of nitrogens with one attached hydrogen (secondary N) is 1. The van der Waals surface area contributed by atoms with Gasteiger partial charge in [-0.15, -0.1) is 0 Å². The number of carbonyl (C=O) groups is 2. The number of carbonyl (C=O) groups excluding carboxylic acids is 2. The van der Waals surface area contributed by atoms with Crippen LogP contribution in [0, 0.1) is 5.82 Å². The van der Waals surface area contributed by atoms with Crippen LogP contribution in [-0.4, -0.2) is 41.1 Å². The van der Waals surface area contributed by atoms with Gasteiger partial charge in [-0.05, 0) is 36.1 Å². The van der Waals surface area contributed by atoms with E-state index in [4.69, 9.17) is 15.2 Å². The maximum atomic E-state index is 13.3. The second-order valence-corrected chi connectivity index (χ2v) is 5.97. The van der Waals surface area contributed by atoms with E-state index in [9.17, 15) is 19.1 Å². The molecule has 1 atom stereocenters. The van der Waals surface area contributed by atoms with Crippen molar-refractivity contribution in [3.8, 4) is 0 Å². The lowest BCUT2D eigenvalue weighted by atomic mass is 10.2. The molecule has 0 bridgehead atoms. The van der Waals surface area contributed by atoms with E-state index in [-0.39, 0.29) is 12.4 Å². The Morgan fingerprint density at radius 1 is 1.30 bits per heavy atom. The predicted molar refractivity (Wildman–Crippen MR) is 96.3 cm³/mol. The molecule has 0 aliphatic rings. The van der Waals surface area contributed by atoms with E-state index in [1.165, 1.54) is 24.4 Å². The standard InChI is InChI=1S/C18H22FN3O5/c1-2-3-4-7-26-16(24)18(20,11-23)27-17(25)22-15-9-13-8-14(19)6-5-12(13)10-21-15/h5-6,8-10,23H,2-4,7,11,20H2,1H3,(H,21,22,25)/t18-/m1/s1. The van der Waals surface area contributed by atoms with Crippen LogP contribution in [0.15, 0.2) is 30.5 Å². The Bertz CT molecular complexity index is 817. The molecule has 0 saturated carbocycles. The van der Waals surface area contributed by atoms with Gasteiger partial charge in [0.15, 0.2) is 0 Å². The van der Waals surface area contributed by atoms with Gasteiger partial charge in [0.25, 0.3) is 5.72 Å². The Balaban J connectivity index is 2.00. The molecule has 146 valence electrons. The van der Waals surface area contributed by atoms with Crippen molar-refractivity contribution in [3.05, 3.63) is 36.3 Å². The molecule has 2 rings (SSSR count). The fraction of sp³-hybridized carbons (Fsp3) is 0.389. The third-order valence-corrected chi connectivity index (χ3v) is 3.75. The average molecular weight is 379 g/mol. The Morgan fingerprint density at radius 3 is 2.78 bits per heavy atom. The lowest BCUT2D eigenvalue weighted by Gasteiger charge is -2.24. The number of nitrogens with zero attached hydrogens (tertiary/aromatic N) is 1. The Kier molecular flexibility index (Phi) is 7.03. The second kappa shape index (κ2) is 9.24. The van der Waals surface area contributed by atoms with Crippen LogP contribution < -0.4 is 11.1 Å².